The normalized spacial score (nSPS) is 23.0. The first-order chi connectivity index (χ1) is 12.9. The summed E-state index contributed by atoms with van der Waals surface area (Å²) in [5.41, 5.74) is 2.96. The first kappa shape index (κ1) is 17.5. The monoisotopic (exact) mass is 364 g/mol. The average molecular weight is 365 g/mol. The number of thiophene rings is 1. The number of likely N-dealkylation sites (tertiary alicyclic amines) is 1. The Labute approximate surface area is 160 Å². The number of hydrogen-bond donors (Lipinski definition) is 2. The molecule has 3 atom stereocenters. The van der Waals surface area contributed by atoms with Crippen molar-refractivity contribution in [1.29, 1.82) is 0 Å². The van der Waals surface area contributed by atoms with Crippen LogP contribution in [-0.4, -0.2) is 19.1 Å². The zero-order valence-corrected chi connectivity index (χ0v) is 16.0. The molecule has 1 aliphatic rings. The lowest BCUT2D eigenvalue weighted by molar-refractivity contribution is -0.928. The van der Waals surface area contributed by atoms with Crippen molar-refractivity contribution in [2.45, 2.75) is 31.5 Å². The fourth-order valence-corrected chi connectivity index (χ4v) is 4.91. The Balaban J connectivity index is 1.46. The highest BCUT2D eigenvalue weighted by molar-refractivity contribution is 7.09. The van der Waals surface area contributed by atoms with Gasteiger partial charge in [0.15, 0.2) is 0 Å². The lowest BCUT2D eigenvalue weighted by atomic mass is 9.85. The number of nitrogens with one attached hydrogen (secondary N) is 1. The van der Waals surface area contributed by atoms with Crippen molar-refractivity contribution in [3.63, 3.8) is 0 Å². The lowest BCUT2D eigenvalue weighted by Crippen LogP contribution is -3.14. The van der Waals surface area contributed by atoms with Crippen LogP contribution in [0, 0.1) is 0 Å². The Kier molecular flexibility index (Phi) is 5.80. The van der Waals surface area contributed by atoms with Gasteiger partial charge in [-0.1, -0.05) is 66.7 Å². The van der Waals surface area contributed by atoms with Crippen molar-refractivity contribution in [2.75, 3.05) is 13.1 Å². The van der Waals surface area contributed by atoms with Gasteiger partial charge in [-0.3, -0.25) is 0 Å². The van der Waals surface area contributed by atoms with Gasteiger partial charge in [-0.25, -0.2) is 0 Å². The van der Waals surface area contributed by atoms with E-state index in [-0.39, 0.29) is 0 Å². The Hall–Kier alpha value is -1.94. The van der Waals surface area contributed by atoms with Gasteiger partial charge in [0.25, 0.3) is 0 Å². The van der Waals surface area contributed by atoms with Gasteiger partial charge in [0.05, 0.1) is 23.9 Å². The van der Waals surface area contributed by atoms with Gasteiger partial charge in [-0.2, -0.15) is 0 Å². The van der Waals surface area contributed by atoms with Crippen LogP contribution in [0.25, 0.3) is 0 Å². The molecule has 0 saturated carbocycles. The predicted octanol–water partition coefficient (Wildman–Crippen LogP) is 2.45. The number of piperidine rings is 1. The van der Waals surface area contributed by atoms with Gasteiger partial charge >= 0.3 is 0 Å². The third-order valence-electron chi connectivity index (χ3n) is 5.58. The van der Waals surface area contributed by atoms with Crippen molar-refractivity contribution in [2.24, 2.45) is 0 Å². The third-order valence-corrected chi connectivity index (χ3v) is 6.48. The van der Waals surface area contributed by atoms with E-state index in [1.54, 1.807) is 4.90 Å². The Morgan fingerprint density at radius 3 is 2.42 bits per heavy atom. The molecule has 2 heterocycles. The van der Waals surface area contributed by atoms with E-state index in [1.165, 1.54) is 35.5 Å². The maximum Gasteiger partial charge on any atom is 0.111 e. The van der Waals surface area contributed by atoms with Crippen LogP contribution in [0.3, 0.4) is 0 Å². The Morgan fingerprint density at radius 2 is 1.69 bits per heavy atom. The molecule has 134 valence electrons. The molecule has 0 radical (unpaired) electrons. The van der Waals surface area contributed by atoms with E-state index in [1.807, 2.05) is 11.3 Å². The smallest absolute Gasteiger partial charge is 0.111 e. The van der Waals surface area contributed by atoms with Crippen LogP contribution in [0.15, 0.2) is 78.2 Å². The zero-order chi connectivity index (χ0) is 17.6. The topological polar surface area (TPSA) is 21.1 Å². The summed E-state index contributed by atoms with van der Waals surface area (Å²) < 4.78 is 0. The molecule has 1 aliphatic heterocycles. The highest BCUT2D eigenvalue weighted by atomic mass is 32.1. The molecular weight excluding hydrogens is 336 g/mol. The summed E-state index contributed by atoms with van der Waals surface area (Å²) in [5.74, 6) is 0.628. The molecule has 4 rings (SSSR count). The molecule has 2 nitrogen and oxygen atoms in total. The molecular formula is C23H28N2S+2. The van der Waals surface area contributed by atoms with Crippen molar-refractivity contribution in [3.05, 3.63) is 94.2 Å². The molecule has 0 bridgehead atoms. The molecule has 3 aromatic rings. The van der Waals surface area contributed by atoms with Gasteiger partial charge in [0.2, 0.25) is 0 Å². The lowest BCUT2D eigenvalue weighted by Gasteiger charge is -2.35. The average Bonchev–Trinajstić information content (AvgIpc) is 3.22. The van der Waals surface area contributed by atoms with Crippen molar-refractivity contribution >= 4 is 11.3 Å². The first-order valence-corrected chi connectivity index (χ1v) is 10.5. The summed E-state index contributed by atoms with van der Waals surface area (Å²) in [6.07, 6.45) is 1.28. The molecule has 0 amide bonds. The predicted molar refractivity (Wildman–Crippen MR) is 108 cm³/mol. The maximum atomic E-state index is 2.59. The van der Waals surface area contributed by atoms with Crippen LogP contribution < -0.4 is 10.2 Å². The molecule has 0 aliphatic carbocycles. The van der Waals surface area contributed by atoms with Gasteiger partial charge in [0, 0.05) is 12.0 Å². The van der Waals surface area contributed by atoms with E-state index in [9.17, 15) is 0 Å². The van der Waals surface area contributed by atoms with Crippen LogP contribution in [-0.2, 0) is 13.1 Å². The minimum absolute atomic E-state index is 0.628. The summed E-state index contributed by atoms with van der Waals surface area (Å²) in [6.45, 7) is 4.75. The van der Waals surface area contributed by atoms with Crippen LogP contribution >= 0.6 is 11.3 Å². The Morgan fingerprint density at radius 1 is 0.923 bits per heavy atom. The van der Waals surface area contributed by atoms with Gasteiger partial charge in [-0.05, 0) is 17.0 Å². The molecule has 2 aromatic carbocycles. The summed E-state index contributed by atoms with van der Waals surface area (Å²) in [5, 5.41) is 4.77. The Bertz CT molecular complexity index is 770. The molecule has 0 spiro atoms. The summed E-state index contributed by atoms with van der Waals surface area (Å²) in [4.78, 5) is 3.20. The molecule has 1 saturated heterocycles. The standard InChI is InChI=1S/C23H26N2S/c1-3-8-19(9-4-1)17-25-14-13-23(24-16-21-12-7-15-26-21)22(18-25)20-10-5-2-6-11-20/h1-12,15,22-24H,13-14,16-18H2/p+2/t22-,23+/m0/s1. The number of nitrogens with two attached hydrogens (primary N) is 1. The molecule has 3 heteroatoms. The second kappa shape index (κ2) is 8.63. The first-order valence-electron chi connectivity index (χ1n) is 9.66. The van der Waals surface area contributed by atoms with Crippen LogP contribution in [0.4, 0.5) is 0 Å². The van der Waals surface area contributed by atoms with E-state index in [0.717, 1.165) is 13.1 Å². The second-order valence-electron chi connectivity index (χ2n) is 7.36. The molecule has 1 unspecified atom stereocenters. The second-order valence-corrected chi connectivity index (χ2v) is 8.39. The van der Waals surface area contributed by atoms with Gasteiger partial charge in [0.1, 0.15) is 19.1 Å². The van der Waals surface area contributed by atoms with E-state index in [4.69, 9.17) is 0 Å². The molecule has 3 N–H and O–H groups in total. The van der Waals surface area contributed by atoms with Gasteiger partial charge in [-0.15, -0.1) is 11.3 Å². The van der Waals surface area contributed by atoms with Gasteiger partial charge < -0.3 is 10.2 Å². The molecule has 26 heavy (non-hydrogen) atoms. The summed E-state index contributed by atoms with van der Waals surface area (Å²) >= 11 is 1.87. The molecule has 1 aromatic heterocycles. The van der Waals surface area contributed by atoms with Crippen LogP contribution in [0.5, 0.6) is 0 Å². The van der Waals surface area contributed by atoms with Crippen molar-refractivity contribution in [3.8, 4) is 0 Å². The third kappa shape index (κ3) is 4.42. The largest absolute Gasteiger partial charge is 0.339 e. The minimum atomic E-state index is 0.628. The van der Waals surface area contributed by atoms with E-state index < -0.39 is 0 Å². The summed E-state index contributed by atoms with van der Waals surface area (Å²) in [7, 11) is 0. The van der Waals surface area contributed by atoms with Crippen molar-refractivity contribution < 1.29 is 10.2 Å². The molecule has 1 fully saturated rings. The van der Waals surface area contributed by atoms with Crippen LogP contribution in [0.2, 0.25) is 0 Å². The number of quaternary nitrogens is 2. The number of rotatable bonds is 6. The number of benzene rings is 2. The number of hydrogen-bond acceptors (Lipinski definition) is 1. The SMILES string of the molecule is c1ccc(C[NH+]2CC[C@@H]([NH2+]Cc3cccs3)[C@H](c3ccccc3)C2)cc1. The fourth-order valence-electron chi connectivity index (χ4n) is 4.23. The highest BCUT2D eigenvalue weighted by Crippen LogP contribution is 2.20. The highest BCUT2D eigenvalue weighted by Gasteiger charge is 2.35. The van der Waals surface area contributed by atoms with E-state index >= 15 is 0 Å². The zero-order valence-electron chi connectivity index (χ0n) is 15.2. The minimum Gasteiger partial charge on any atom is -0.339 e. The van der Waals surface area contributed by atoms with Crippen LogP contribution in [0.1, 0.15) is 28.3 Å². The quantitative estimate of drug-likeness (QED) is 0.670. The van der Waals surface area contributed by atoms with Crippen molar-refractivity contribution in [1.82, 2.24) is 0 Å². The fraction of sp³-hybridized carbons (Fsp3) is 0.304. The van der Waals surface area contributed by atoms with E-state index in [0.29, 0.717) is 12.0 Å². The maximum absolute atomic E-state index is 2.59. The summed E-state index contributed by atoms with van der Waals surface area (Å²) in [6, 6.07) is 27.2. The van der Waals surface area contributed by atoms with E-state index in [2.05, 4.69) is 83.5 Å².